The summed E-state index contributed by atoms with van der Waals surface area (Å²) in [5.74, 6) is 1.14. The molecule has 0 aromatic carbocycles. The van der Waals surface area contributed by atoms with Crippen LogP contribution in [0.2, 0.25) is 5.02 Å². The van der Waals surface area contributed by atoms with Crippen LogP contribution in [0, 0.1) is 0 Å². The first-order chi connectivity index (χ1) is 16.3. The molecule has 0 amide bonds. The van der Waals surface area contributed by atoms with Crippen LogP contribution in [0.1, 0.15) is 49.3 Å². The van der Waals surface area contributed by atoms with E-state index in [4.69, 9.17) is 25.8 Å². The zero-order valence-corrected chi connectivity index (χ0v) is 20.6. The van der Waals surface area contributed by atoms with E-state index >= 15 is 0 Å². The maximum atomic E-state index is 13.5. The van der Waals surface area contributed by atoms with Crippen molar-refractivity contribution < 1.29 is 22.6 Å². The minimum atomic E-state index is -3.83. The van der Waals surface area contributed by atoms with E-state index < -0.39 is 26.9 Å². The maximum absolute atomic E-state index is 13.5. The summed E-state index contributed by atoms with van der Waals surface area (Å²) in [6, 6.07) is 0. The van der Waals surface area contributed by atoms with Gasteiger partial charge >= 0.3 is 0 Å². The van der Waals surface area contributed by atoms with Gasteiger partial charge < -0.3 is 14.2 Å². The van der Waals surface area contributed by atoms with Crippen molar-refractivity contribution in [2.45, 2.75) is 42.8 Å². The van der Waals surface area contributed by atoms with E-state index in [-0.39, 0.29) is 29.3 Å². The Morgan fingerprint density at radius 1 is 1.06 bits per heavy atom. The Morgan fingerprint density at radius 2 is 1.68 bits per heavy atom. The summed E-state index contributed by atoms with van der Waals surface area (Å²) in [5.41, 5.74) is 0.349. The largest absolute Gasteiger partial charge is 0.479 e. The number of halogens is 1. The van der Waals surface area contributed by atoms with Gasteiger partial charge in [-0.2, -0.15) is 9.97 Å². The molecular formula is C20H24ClN7O5S. The molecule has 0 radical (unpaired) electrons. The Bertz CT molecular complexity index is 1240. The Hall–Kier alpha value is -2.90. The normalized spacial score (nSPS) is 15.7. The van der Waals surface area contributed by atoms with Crippen LogP contribution in [-0.4, -0.2) is 69.7 Å². The highest BCUT2D eigenvalue weighted by Gasteiger charge is 2.37. The van der Waals surface area contributed by atoms with E-state index in [2.05, 4.69) is 30.1 Å². The molecule has 12 nitrogen and oxygen atoms in total. The van der Waals surface area contributed by atoms with Crippen molar-refractivity contribution in [3.8, 4) is 17.4 Å². The van der Waals surface area contributed by atoms with Crippen LogP contribution in [0.4, 0.5) is 0 Å². The predicted molar refractivity (Wildman–Crippen MR) is 121 cm³/mol. The first-order valence-corrected chi connectivity index (χ1v) is 12.5. The lowest BCUT2D eigenvalue weighted by atomic mass is 10.2. The van der Waals surface area contributed by atoms with E-state index in [1.807, 2.05) is 0 Å². The van der Waals surface area contributed by atoms with Crippen LogP contribution >= 0.6 is 11.6 Å². The first kappa shape index (κ1) is 24.2. The van der Waals surface area contributed by atoms with Gasteiger partial charge in [-0.3, -0.25) is 4.57 Å². The zero-order valence-electron chi connectivity index (χ0n) is 19.0. The average molecular weight is 510 g/mol. The van der Waals surface area contributed by atoms with Crippen LogP contribution in [0.5, 0.6) is 11.8 Å². The monoisotopic (exact) mass is 509 g/mol. The van der Waals surface area contributed by atoms with Gasteiger partial charge in [0.05, 0.1) is 24.5 Å². The Kier molecular flexibility index (Phi) is 6.96. The minimum absolute atomic E-state index is 0.144. The summed E-state index contributed by atoms with van der Waals surface area (Å²) >= 11 is 5.86. The topological polar surface area (TPSA) is 144 Å². The third-order valence-corrected chi connectivity index (χ3v) is 7.77. The highest BCUT2D eigenvalue weighted by atomic mass is 35.5. The molecule has 14 heteroatoms. The number of nitrogens with zero attached hydrogens (tertiary/aromatic N) is 7. The molecule has 1 fully saturated rings. The molecule has 0 unspecified atom stereocenters. The van der Waals surface area contributed by atoms with Gasteiger partial charge in [-0.05, 0) is 19.8 Å². The molecule has 1 aliphatic rings. The SMILES string of the molecule is COc1ncnc(OC)c1-n1c(CS(=O)(=O)[C@@H](C)[C@H](OC)c2ncc(Cl)cn2)nnc1C1CC1. The Balaban J connectivity index is 1.74. The minimum Gasteiger partial charge on any atom is -0.479 e. The Morgan fingerprint density at radius 3 is 2.21 bits per heavy atom. The molecule has 3 aromatic heterocycles. The molecule has 0 bridgehead atoms. The van der Waals surface area contributed by atoms with E-state index in [1.165, 1.54) is 47.0 Å². The van der Waals surface area contributed by atoms with Gasteiger partial charge in [-0.25, -0.2) is 18.4 Å². The second kappa shape index (κ2) is 9.76. The standard InChI is InChI=1S/C20H24ClN7O5S/c1-11(16(31-2)17-22-7-13(21)8-23-17)34(29,30)9-14-26-27-18(12-5-6-12)28(14)15-19(32-3)24-10-25-20(15)33-4/h7-8,10-12,16H,5-6,9H2,1-4H3/t11-,16-/m0/s1. The van der Waals surface area contributed by atoms with E-state index in [0.717, 1.165) is 12.8 Å². The summed E-state index contributed by atoms with van der Waals surface area (Å²) in [6.07, 6.45) is 5.00. The number of hydrogen-bond acceptors (Lipinski definition) is 11. The van der Waals surface area contributed by atoms with Crippen LogP contribution in [0.25, 0.3) is 5.69 Å². The second-order valence-electron chi connectivity index (χ2n) is 7.75. The molecule has 1 aliphatic carbocycles. The molecular weight excluding hydrogens is 486 g/mol. The number of rotatable bonds is 10. The summed E-state index contributed by atoms with van der Waals surface area (Å²) < 4.78 is 44.9. The molecule has 2 atom stereocenters. The highest BCUT2D eigenvalue weighted by Crippen LogP contribution is 2.42. The number of aromatic nitrogens is 7. The molecule has 0 N–H and O–H groups in total. The van der Waals surface area contributed by atoms with Crippen molar-refractivity contribution in [1.82, 2.24) is 34.7 Å². The molecule has 34 heavy (non-hydrogen) atoms. The third kappa shape index (κ3) is 4.68. The molecule has 1 saturated carbocycles. The van der Waals surface area contributed by atoms with Crippen molar-refractivity contribution in [3.63, 3.8) is 0 Å². The fraction of sp³-hybridized carbons (Fsp3) is 0.500. The van der Waals surface area contributed by atoms with Crippen LogP contribution in [0.3, 0.4) is 0 Å². The number of sulfone groups is 1. The quantitative estimate of drug-likeness (QED) is 0.396. The molecule has 4 rings (SSSR count). The van der Waals surface area contributed by atoms with Crippen molar-refractivity contribution in [2.24, 2.45) is 0 Å². The first-order valence-electron chi connectivity index (χ1n) is 10.4. The number of methoxy groups -OCH3 is 3. The number of ether oxygens (including phenoxy) is 3. The highest BCUT2D eigenvalue weighted by molar-refractivity contribution is 7.91. The van der Waals surface area contributed by atoms with Gasteiger partial charge in [-0.1, -0.05) is 11.6 Å². The van der Waals surface area contributed by atoms with E-state index in [1.54, 1.807) is 4.57 Å². The second-order valence-corrected chi connectivity index (χ2v) is 10.5. The van der Waals surface area contributed by atoms with Gasteiger partial charge in [-0.15, -0.1) is 10.2 Å². The van der Waals surface area contributed by atoms with Crippen LogP contribution in [-0.2, 0) is 20.3 Å². The van der Waals surface area contributed by atoms with Gasteiger partial charge in [0.2, 0.25) is 11.8 Å². The average Bonchev–Trinajstić information content (AvgIpc) is 3.60. The summed E-state index contributed by atoms with van der Waals surface area (Å²) in [7, 11) is 0.491. The lowest BCUT2D eigenvalue weighted by molar-refractivity contribution is 0.0948. The molecule has 3 heterocycles. The van der Waals surface area contributed by atoms with Gasteiger partial charge in [0.25, 0.3) is 0 Å². The molecule has 0 aliphatic heterocycles. The maximum Gasteiger partial charge on any atom is 0.245 e. The van der Waals surface area contributed by atoms with E-state index in [0.29, 0.717) is 16.5 Å². The fourth-order valence-corrected chi connectivity index (χ4v) is 5.10. The van der Waals surface area contributed by atoms with Crippen molar-refractivity contribution in [1.29, 1.82) is 0 Å². The van der Waals surface area contributed by atoms with Gasteiger partial charge in [0.15, 0.2) is 27.2 Å². The zero-order chi connectivity index (χ0) is 24.5. The third-order valence-electron chi connectivity index (χ3n) is 5.53. The van der Waals surface area contributed by atoms with Crippen molar-refractivity contribution in [3.05, 3.63) is 41.2 Å². The fourth-order valence-electron chi connectivity index (χ4n) is 3.59. The molecule has 3 aromatic rings. The lowest BCUT2D eigenvalue weighted by Crippen LogP contribution is -2.30. The molecule has 0 saturated heterocycles. The molecule has 0 spiro atoms. The molecule has 182 valence electrons. The van der Waals surface area contributed by atoms with Gasteiger partial charge in [0, 0.05) is 25.4 Å². The predicted octanol–water partition coefficient (Wildman–Crippen LogP) is 2.09. The Labute approximate surface area is 201 Å². The summed E-state index contributed by atoms with van der Waals surface area (Å²) in [4.78, 5) is 16.6. The smallest absolute Gasteiger partial charge is 0.245 e. The number of hydrogen-bond donors (Lipinski definition) is 0. The summed E-state index contributed by atoms with van der Waals surface area (Å²) in [6.45, 7) is 1.54. The van der Waals surface area contributed by atoms with E-state index in [9.17, 15) is 8.42 Å². The van der Waals surface area contributed by atoms with Crippen molar-refractivity contribution >= 4 is 21.4 Å². The lowest BCUT2D eigenvalue weighted by Gasteiger charge is -2.22. The van der Waals surface area contributed by atoms with Gasteiger partial charge in [0.1, 0.15) is 24.0 Å². The summed E-state index contributed by atoms with van der Waals surface area (Å²) in [5, 5.41) is 7.85. The van der Waals surface area contributed by atoms with Crippen molar-refractivity contribution in [2.75, 3.05) is 21.3 Å². The van der Waals surface area contributed by atoms with Crippen LogP contribution < -0.4 is 9.47 Å². The van der Waals surface area contributed by atoms with Crippen LogP contribution in [0.15, 0.2) is 18.7 Å².